The number of nitrogens with zero attached hydrogens (tertiary/aromatic N) is 2. The van der Waals surface area contributed by atoms with Crippen LogP contribution in [0.25, 0.3) is 9.69 Å². The summed E-state index contributed by atoms with van der Waals surface area (Å²) in [6.45, 7) is 21.9. The minimum Gasteiger partial charge on any atom is -0.306 e. The molecule has 0 unspecified atom stereocenters. The first-order chi connectivity index (χ1) is 7.33. The van der Waals surface area contributed by atoms with Gasteiger partial charge in [-0.1, -0.05) is 18.2 Å². The highest BCUT2D eigenvalue weighted by molar-refractivity contribution is 5.35. The van der Waals surface area contributed by atoms with Gasteiger partial charge in [0, 0.05) is 38.8 Å². The van der Waals surface area contributed by atoms with Crippen molar-refractivity contribution in [2.75, 3.05) is 0 Å². The van der Waals surface area contributed by atoms with Gasteiger partial charge >= 0.3 is 0 Å². The first kappa shape index (κ1) is 12.3. The van der Waals surface area contributed by atoms with Gasteiger partial charge in [0.1, 0.15) is 0 Å². The van der Waals surface area contributed by atoms with E-state index in [1.54, 1.807) is 0 Å². The van der Waals surface area contributed by atoms with Crippen LogP contribution >= 0.6 is 0 Å². The fourth-order valence-corrected chi connectivity index (χ4v) is 1.41. The van der Waals surface area contributed by atoms with Crippen molar-refractivity contribution in [2.45, 2.75) is 38.8 Å². The third-order valence-electron chi connectivity index (χ3n) is 2.83. The lowest BCUT2D eigenvalue weighted by molar-refractivity contribution is 0.639. The van der Waals surface area contributed by atoms with Gasteiger partial charge in [-0.3, -0.25) is 0 Å². The van der Waals surface area contributed by atoms with Crippen LogP contribution in [0.1, 0.15) is 38.8 Å². The van der Waals surface area contributed by atoms with Crippen molar-refractivity contribution in [3.8, 4) is 0 Å². The zero-order valence-corrected chi connectivity index (χ0v) is 10.2. The molecule has 0 saturated carbocycles. The fourth-order valence-electron chi connectivity index (χ4n) is 1.41. The first-order valence-electron chi connectivity index (χ1n) is 5.22. The van der Waals surface area contributed by atoms with Crippen LogP contribution in [0.2, 0.25) is 0 Å². The average molecular weight is 212 g/mol. The van der Waals surface area contributed by atoms with Crippen LogP contribution in [0, 0.1) is 13.1 Å². The molecule has 0 atom stereocenters. The molecule has 0 spiro atoms. The van der Waals surface area contributed by atoms with Crippen LogP contribution in [-0.2, 0) is 11.1 Å². The summed E-state index contributed by atoms with van der Waals surface area (Å²) in [7, 11) is 0. The van der Waals surface area contributed by atoms with Gasteiger partial charge in [-0.15, -0.1) is 0 Å². The second-order valence-electron chi connectivity index (χ2n) is 4.92. The molecule has 1 rings (SSSR count). The van der Waals surface area contributed by atoms with E-state index >= 15 is 0 Å². The van der Waals surface area contributed by atoms with Crippen LogP contribution in [0.15, 0.2) is 24.3 Å². The van der Waals surface area contributed by atoms with Gasteiger partial charge < -0.3 is 9.69 Å². The van der Waals surface area contributed by atoms with E-state index in [-0.39, 0.29) is 0 Å². The summed E-state index contributed by atoms with van der Waals surface area (Å²) < 4.78 is 0. The predicted octanol–water partition coefficient (Wildman–Crippen LogP) is 4.00. The molecule has 2 nitrogen and oxygen atoms in total. The Balaban J connectivity index is 3.28. The van der Waals surface area contributed by atoms with Crippen molar-refractivity contribution >= 4 is 0 Å². The maximum absolute atomic E-state index is 7.18. The molecule has 1 aromatic rings. The van der Waals surface area contributed by atoms with Crippen molar-refractivity contribution in [1.29, 1.82) is 0 Å². The lowest BCUT2D eigenvalue weighted by Gasteiger charge is -2.16. The van der Waals surface area contributed by atoms with Gasteiger partial charge in [0.05, 0.1) is 0 Å². The van der Waals surface area contributed by atoms with E-state index in [2.05, 4.69) is 9.69 Å². The summed E-state index contributed by atoms with van der Waals surface area (Å²) in [6, 6.07) is 7.78. The molecule has 2 heteroatoms. The van der Waals surface area contributed by atoms with Crippen LogP contribution in [-0.4, -0.2) is 0 Å². The van der Waals surface area contributed by atoms with E-state index in [1.807, 2.05) is 52.0 Å². The highest BCUT2D eigenvalue weighted by Gasteiger charge is 2.30. The Bertz CT molecular complexity index is 429. The summed E-state index contributed by atoms with van der Waals surface area (Å²) in [5, 5.41) is 0. The van der Waals surface area contributed by atoms with Gasteiger partial charge in [0.15, 0.2) is 0 Å². The van der Waals surface area contributed by atoms with E-state index < -0.39 is 11.1 Å². The van der Waals surface area contributed by atoms with E-state index in [9.17, 15) is 0 Å². The van der Waals surface area contributed by atoms with Gasteiger partial charge in [-0.25, -0.2) is 13.1 Å². The summed E-state index contributed by atoms with van der Waals surface area (Å²) in [5.41, 5.74) is 0.899. The Morgan fingerprint density at radius 2 is 1.25 bits per heavy atom. The molecule has 0 aliphatic heterocycles. The molecule has 0 N–H and O–H groups in total. The van der Waals surface area contributed by atoms with Gasteiger partial charge in [-0.2, -0.15) is 0 Å². The lowest BCUT2D eigenvalue weighted by atomic mass is 9.88. The molecule has 0 fully saturated rings. The van der Waals surface area contributed by atoms with Crippen molar-refractivity contribution in [2.24, 2.45) is 0 Å². The lowest BCUT2D eigenvalue weighted by Crippen LogP contribution is -2.15. The maximum atomic E-state index is 7.18. The molecule has 0 aliphatic rings. The second kappa shape index (κ2) is 3.99. The van der Waals surface area contributed by atoms with Crippen molar-refractivity contribution in [3.05, 3.63) is 58.2 Å². The SMILES string of the molecule is [C-]#[N+]C(C)(C)c1cccc(C(C)(C)[N+]#[C-])c1. The van der Waals surface area contributed by atoms with Crippen molar-refractivity contribution < 1.29 is 0 Å². The molecule has 0 bridgehead atoms. The molecule has 0 radical (unpaired) electrons. The normalized spacial score (nSPS) is 11.6. The van der Waals surface area contributed by atoms with Crippen LogP contribution in [0.5, 0.6) is 0 Å². The second-order valence-corrected chi connectivity index (χ2v) is 4.92. The van der Waals surface area contributed by atoms with E-state index in [0.29, 0.717) is 0 Å². The van der Waals surface area contributed by atoms with E-state index in [1.165, 1.54) is 0 Å². The van der Waals surface area contributed by atoms with Gasteiger partial charge in [0.25, 0.3) is 11.1 Å². The first-order valence-corrected chi connectivity index (χ1v) is 5.22. The van der Waals surface area contributed by atoms with Crippen molar-refractivity contribution in [1.82, 2.24) is 0 Å². The molecule has 0 aromatic heterocycles. The standard InChI is InChI=1S/C14H16N2/c1-13(2,15-5)11-8-7-9-12(10-11)14(3,4)16-6/h7-10H,1-4H3. The average Bonchev–Trinajstić information content (AvgIpc) is 2.29. The third-order valence-corrected chi connectivity index (χ3v) is 2.83. The minimum absolute atomic E-state index is 0.520. The molecule has 0 amide bonds. The summed E-state index contributed by atoms with van der Waals surface area (Å²) in [4.78, 5) is 7.22. The fraction of sp³-hybridized carbons (Fsp3) is 0.429. The molecular weight excluding hydrogens is 196 g/mol. The van der Waals surface area contributed by atoms with Gasteiger partial charge in [-0.05, 0) is 6.07 Å². The van der Waals surface area contributed by atoms with Crippen molar-refractivity contribution in [3.63, 3.8) is 0 Å². The molecule has 16 heavy (non-hydrogen) atoms. The monoisotopic (exact) mass is 212 g/mol. The summed E-state index contributed by atoms with van der Waals surface area (Å²) in [6.07, 6.45) is 0. The topological polar surface area (TPSA) is 8.72 Å². The molecule has 0 aliphatic carbocycles. The number of rotatable bonds is 2. The number of benzene rings is 1. The smallest absolute Gasteiger partial charge is 0.252 e. The van der Waals surface area contributed by atoms with Crippen LogP contribution < -0.4 is 0 Å². The number of hydrogen-bond donors (Lipinski definition) is 0. The molecule has 0 heterocycles. The van der Waals surface area contributed by atoms with Crippen LogP contribution in [0.4, 0.5) is 0 Å². The van der Waals surface area contributed by atoms with Gasteiger partial charge in [0.2, 0.25) is 0 Å². The molecular formula is C14H16N2. The molecule has 0 saturated heterocycles. The Morgan fingerprint density at radius 1 is 0.875 bits per heavy atom. The Hall–Kier alpha value is -1.80. The summed E-state index contributed by atoms with van der Waals surface area (Å²) in [5.74, 6) is 0. The van der Waals surface area contributed by atoms with Crippen LogP contribution in [0.3, 0.4) is 0 Å². The predicted molar refractivity (Wildman–Crippen MR) is 65.7 cm³/mol. The Labute approximate surface area is 97.6 Å². The Morgan fingerprint density at radius 3 is 1.56 bits per heavy atom. The zero-order valence-electron chi connectivity index (χ0n) is 10.2. The highest BCUT2D eigenvalue weighted by Crippen LogP contribution is 2.30. The van der Waals surface area contributed by atoms with E-state index in [0.717, 1.165) is 11.1 Å². The largest absolute Gasteiger partial charge is 0.306 e. The third kappa shape index (κ3) is 2.23. The number of hydrogen-bond acceptors (Lipinski definition) is 0. The highest BCUT2D eigenvalue weighted by atomic mass is 14.8. The molecule has 1 aromatic carbocycles. The summed E-state index contributed by atoms with van der Waals surface area (Å²) >= 11 is 0. The molecule has 82 valence electrons. The Kier molecular flexibility index (Phi) is 3.06. The minimum atomic E-state index is -0.520. The maximum Gasteiger partial charge on any atom is 0.252 e. The van der Waals surface area contributed by atoms with E-state index in [4.69, 9.17) is 13.1 Å². The quantitative estimate of drug-likeness (QED) is 0.655. The zero-order chi connectivity index (χ0) is 12.4.